The molecule has 0 aromatic heterocycles. The second kappa shape index (κ2) is 6.39. The van der Waals surface area contributed by atoms with E-state index in [2.05, 4.69) is 26.0 Å². The molecule has 0 aliphatic heterocycles. The van der Waals surface area contributed by atoms with Crippen LogP contribution in [-0.2, 0) is 16.6 Å². The summed E-state index contributed by atoms with van der Waals surface area (Å²) in [5.74, 6) is 0. The van der Waals surface area contributed by atoms with E-state index >= 15 is 0 Å². The number of rotatable bonds is 5. The molecule has 2 rings (SSSR count). The molecule has 0 atom stereocenters. The lowest BCUT2D eigenvalue weighted by molar-refractivity contribution is 0.581. The lowest BCUT2D eigenvalue weighted by atomic mass is 10.2. The van der Waals surface area contributed by atoms with Gasteiger partial charge in [0.2, 0.25) is 10.0 Å². The van der Waals surface area contributed by atoms with Crippen molar-refractivity contribution in [1.82, 2.24) is 4.72 Å². The first kappa shape index (κ1) is 15.0. The Bertz CT molecular complexity index is 702. The Morgan fingerprint density at radius 3 is 2.55 bits per heavy atom. The molecule has 0 fully saturated rings. The number of nitrogens with one attached hydrogen (secondary N) is 2. The highest BCUT2D eigenvalue weighted by atomic mass is 79.9. The first-order valence-electron chi connectivity index (χ1n) is 6.04. The lowest BCUT2D eigenvalue weighted by Gasteiger charge is -2.11. The van der Waals surface area contributed by atoms with Gasteiger partial charge in [-0.05, 0) is 29.8 Å². The topological polar surface area (TPSA) is 58.2 Å². The highest BCUT2D eigenvalue weighted by molar-refractivity contribution is 9.10. The van der Waals surface area contributed by atoms with Crippen molar-refractivity contribution in [2.75, 3.05) is 12.4 Å². The maximum Gasteiger partial charge on any atom is 0.242 e. The molecule has 106 valence electrons. The highest BCUT2D eigenvalue weighted by Gasteiger charge is 2.17. The summed E-state index contributed by atoms with van der Waals surface area (Å²) in [6, 6.07) is 14.3. The largest absolute Gasteiger partial charge is 0.387 e. The van der Waals surface area contributed by atoms with Gasteiger partial charge in [-0.2, -0.15) is 0 Å². The minimum atomic E-state index is -3.54. The minimum Gasteiger partial charge on any atom is -0.387 e. The van der Waals surface area contributed by atoms with Crippen LogP contribution in [0.15, 0.2) is 57.9 Å². The molecule has 2 aromatic carbocycles. The van der Waals surface area contributed by atoms with Crippen molar-refractivity contribution in [3.8, 4) is 0 Å². The van der Waals surface area contributed by atoms with Crippen molar-refractivity contribution in [3.63, 3.8) is 0 Å². The SMILES string of the molecule is CNc1ccccc1S(=O)(=O)NCc1cccc(Br)c1. The third-order valence-electron chi connectivity index (χ3n) is 2.80. The number of benzene rings is 2. The zero-order chi connectivity index (χ0) is 14.6. The number of anilines is 1. The average Bonchev–Trinajstić information content (AvgIpc) is 2.45. The van der Waals surface area contributed by atoms with Crippen molar-refractivity contribution < 1.29 is 8.42 Å². The van der Waals surface area contributed by atoms with E-state index in [0.717, 1.165) is 10.0 Å². The zero-order valence-corrected chi connectivity index (χ0v) is 13.3. The Labute approximate surface area is 127 Å². The second-order valence-corrected chi connectivity index (χ2v) is 6.85. The molecule has 0 unspecified atom stereocenters. The molecular formula is C14H15BrN2O2S. The van der Waals surface area contributed by atoms with E-state index in [-0.39, 0.29) is 11.4 Å². The van der Waals surface area contributed by atoms with E-state index in [0.29, 0.717) is 5.69 Å². The number of hydrogen-bond acceptors (Lipinski definition) is 3. The normalized spacial score (nSPS) is 11.3. The van der Waals surface area contributed by atoms with Crippen LogP contribution < -0.4 is 10.0 Å². The second-order valence-electron chi connectivity index (χ2n) is 4.20. The summed E-state index contributed by atoms with van der Waals surface area (Å²) in [6.45, 7) is 0.250. The van der Waals surface area contributed by atoms with E-state index < -0.39 is 10.0 Å². The van der Waals surface area contributed by atoms with Crippen LogP contribution in [0.2, 0.25) is 0 Å². The first-order chi connectivity index (χ1) is 9.53. The lowest BCUT2D eigenvalue weighted by Crippen LogP contribution is -2.24. The van der Waals surface area contributed by atoms with Crippen molar-refractivity contribution in [1.29, 1.82) is 0 Å². The van der Waals surface area contributed by atoms with Crippen LogP contribution >= 0.6 is 15.9 Å². The molecule has 20 heavy (non-hydrogen) atoms. The molecule has 4 nitrogen and oxygen atoms in total. The van der Waals surface area contributed by atoms with Gasteiger partial charge in [0.25, 0.3) is 0 Å². The maximum atomic E-state index is 12.3. The molecule has 0 aliphatic carbocycles. The molecule has 0 heterocycles. The van der Waals surface area contributed by atoms with E-state index in [1.165, 1.54) is 0 Å². The van der Waals surface area contributed by atoms with Crippen LogP contribution in [-0.4, -0.2) is 15.5 Å². The number of para-hydroxylation sites is 1. The fourth-order valence-corrected chi connectivity index (χ4v) is 3.49. The summed E-state index contributed by atoms with van der Waals surface area (Å²) in [4.78, 5) is 0.248. The van der Waals surface area contributed by atoms with Crippen LogP contribution in [0.25, 0.3) is 0 Å². The number of sulfonamides is 1. The van der Waals surface area contributed by atoms with Crippen LogP contribution in [0, 0.1) is 0 Å². The van der Waals surface area contributed by atoms with E-state index in [9.17, 15) is 8.42 Å². The summed E-state index contributed by atoms with van der Waals surface area (Å²) in [5.41, 5.74) is 1.47. The summed E-state index contributed by atoms with van der Waals surface area (Å²) in [6.07, 6.45) is 0. The molecule has 0 radical (unpaired) electrons. The van der Waals surface area contributed by atoms with E-state index in [4.69, 9.17) is 0 Å². The predicted molar refractivity (Wildman–Crippen MR) is 84.2 cm³/mol. The molecule has 2 aromatic rings. The van der Waals surface area contributed by atoms with Gasteiger partial charge in [0.15, 0.2) is 0 Å². The molecule has 6 heteroatoms. The molecule has 0 spiro atoms. The summed E-state index contributed by atoms with van der Waals surface area (Å²) >= 11 is 3.36. The van der Waals surface area contributed by atoms with Crippen LogP contribution in [0.3, 0.4) is 0 Å². The maximum absolute atomic E-state index is 12.3. The number of hydrogen-bond donors (Lipinski definition) is 2. The predicted octanol–water partition coefficient (Wildman–Crippen LogP) is 2.97. The van der Waals surface area contributed by atoms with Crippen molar-refractivity contribution in [2.24, 2.45) is 0 Å². The van der Waals surface area contributed by atoms with Crippen LogP contribution in [0.4, 0.5) is 5.69 Å². The fourth-order valence-electron chi connectivity index (χ4n) is 1.81. The molecular weight excluding hydrogens is 340 g/mol. The summed E-state index contributed by atoms with van der Waals surface area (Å²) < 4.78 is 28.1. The van der Waals surface area contributed by atoms with Gasteiger partial charge in [0.1, 0.15) is 4.90 Å². The Morgan fingerprint density at radius 2 is 1.85 bits per heavy atom. The summed E-state index contributed by atoms with van der Waals surface area (Å²) in [7, 11) is -1.84. The van der Waals surface area contributed by atoms with E-state index in [1.807, 2.05) is 24.3 Å². The highest BCUT2D eigenvalue weighted by Crippen LogP contribution is 2.20. The third kappa shape index (κ3) is 3.59. The Balaban J connectivity index is 2.19. The Hall–Kier alpha value is -1.37. The van der Waals surface area contributed by atoms with Crippen LogP contribution in [0.5, 0.6) is 0 Å². The van der Waals surface area contributed by atoms with Gasteiger partial charge in [-0.3, -0.25) is 0 Å². The van der Waals surface area contributed by atoms with Gasteiger partial charge in [-0.15, -0.1) is 0 Å². The smallest absolute Gasteiger partial charge is 0.242 e. The minimum absolute atomic E-state index is 0.248. The molecule has 0 amide bonds. The Kier molecular flexibility index (Phi) is 4.80. The molecule has 0 saturated heterocycles. The van der Waals surface area contributed by atoms with Gasteiger partial charge < -0.3 is 5.32 Å². The van der Waals surface area contributed by atoms with E-state index in [1.54, 1.807) is 31.3 Å². The van der Waals surface area contributed by atoms with Gasteiger partial charge in [-0.1, -0.05) is 40.2 Å². The average molecular weight is 355 g/mol. The molecule has 0 bridgehead atoms. The number of halogens is 1. The first-order valence-corrected chi connectivity index (χ1v) is 8.31. The molecule has 2 N–H and O–H groups in total. The van der Waals surface area contributed by atoms with Gasteiger partial charge in [-0.25, -0.2) is 13.1 Å². The standard InChI is InChI=1S/C14H15BrN2O2S/c1-16-13-7-2-3-8-14(13)20(18,19)17-10-11-5-4-6-12(15)9-11/h2-9,16-17H,10H2,1H3. The summed E-state index contributed by atoms with van der Waals surface area (Å²) in [5, 5.41) is 2.88. The van der Waals surface area contributed by atoms with Gasteiger partial charge >= 0.3 is 0 Å². The third-order valence-corrected chi connectivity index (χ3v) is 4.75. The van der Waals surface area contributed by atoms with Crippen molar-refractivity contribution in [3.05, 3.63) is 58.6 Å². The molecule has 0 saturated carbocycles. The van der Waals surface area contributed by atoms with Crippen molar-refractivity contribution >= 4 is 31.6 Å². The monoisotopic (exact) mass is 354 g/mol. The fraction of sp³-hybridized carbons (Fsp3) is 0.143. The quantitative estimate of drug-likeness (QED) is 0.867. The van der Waals surface area contributed by atoms with Crippen LogP contribution in [0.1, 0.15) is 5.56 Å². The Morgan fingerprint density at radius 1 is 1.10 bits per heavy atom. The zero-order valence-electron chi connectivity index (χ0n) is 10.9. The van der Waals surface area contributed by atoms with Gasteiger partial charge in [0, 0.05) is 18.1 Å². The van der Waals surface area contributed by atoms with Gasteiger partial charge in [0.05, 0.1) is 5.69 Å². The molecule has 0 aliphatic rings. The van der Waals surface area contributed by atoms with Crippen molar-refractivity contribution in [2.45, 2.75) is 11.4 Å².